The number of aromatic amines is 1. The molecule has 0 aliphatic rings. The van der Waals surface area contributed by atoms with E-state index in [9.17, 15) is 0 Å². The minimum absolute atomic E-state index is 0. The van der Waals surface area contributed by atoms with Gasteiger partial charge in [0.15, 0.2) is 5.82 Å². The molecule has 9 heteroatoms. The molecule has 0 atom stereocenters. The topological polar surface area (TPSA) is 118 Å². The zero-order valence-corrected chi connectivity index (χ0v) is 9.63. The Morgan fingerprint density at radius 2 is 1.79 bits per heavy atom. The molecule has 0 aromatic carbocycles. The molecule has 1 aromatic heterocycles. The summed E-state index contributed by atoms with van der Waals surface area (Å²) >= 11 is 0. The maximum atomic E-state index is 6.75. The standard InChI is InChI=1S/C2H4N4.C2H3N.CH4.N3.Na/c1-2-3-5-6-4-2;1-3-2;;1-3-2;/h1H3,(H,3,4,5,6);1H3;1H4;;/q;;;-1;+1. The van der Waals surface area contributed by atoms with Gasteiger partial charge in [0.2, 0.25) is 7.05 Å². The van der Waals surface area contributed by atoms with Crippen LogP contribution >= 0.6 is 0 Å². The average molecular weight is 206 g/mol. The van der Waals surface area contributed by atoms with Gasteiger partial charge in [-0.15, -0.1) is 10.2 Å². The molecule has 0 saturated heterocycles. The molecule has 1 heterocycles. The number of H-pyrrole nitrogens is 1. The SMILES string of the molecule is C.Cc1nn[nH]n1.[C-]#[N+]C.[N-]=[N+]=[N-].[Na+]. The summed E-state index contributed by atoms with van der Waals surface area (Å²) in [7, 11) is 1.42. The van der Waals surface area contributed by atoms with Crippen molar-refractivity contribution >= 4 is 0 Å². The molecular weight excluding hydrogens is 195 g/mol. The van der Waals surface area contributed by atoms with E-state index in [1.165, 1.54) is 12.0 Å². The first-order chi connectivity index (χ1) is 5.72. The summed E-state index contributed by atoms with van der Waals surface area (Å²) in [6, 6.07) is 0. The zero-order chi connectivity index (χ0) is 9.82. The Balaban J connectivity index is -0.0000000557. The van der Waals surface area contributed by atoms with Crippen molar-refractivity contribution in [1.82, 2.24) is 20.6 Å². The van der Waals surface area contributed by atoms with Crippen LogP contribution < -0.4 is 29.6 Å². The molecular formula is C5H11N8Na. The number of nitrogens with one attached hydrogen (secondary N) is 1. The van der Waals surface area contributed by atoms with E-state index in [0.29, 0.717) is 5.82 Å². The van der Waals surface area contributed by atoms with Gasteiger partial charge in [0.25, 0.3) is 0 Å². The number of hydrogen-bond donors (Lipinski definition) is 1. The quantitative estimate of drug-likeness (QED) is 0.184. The van der Waals surface area contributed by atoms with Crippen molar-refractivity contribution in [2.75, 3.05) is 7.05 Å². The summed E-state index contributed by atoms with van der Waals surface area (Å²) in [6.07, 6.45) is 0. The van der Waals surface area contributed by atoms with Crippen LogP contribution in [0.2, 0.25) is 0 Å². The fourth-order valence-corrected chi connectivity index (χ4v) is 0.212. The normalized spacial score (nSPS) is 4.93. The summed E-state index contributed by atoms with van der Waals surface area (Å²) in [6.45, 7) is 7.60. The largest absolute Gasteiger partial charge is 1.00 e. The van der Waals surface area contributed by atoms with E-state index in [0.717, 1.165) is 0 Å². The molecule has 14 heavy (non-hydrogen) atoms. The first-order valence-corrected chi connectivity index (χ1v) is 2.67. The molecule has 1 rings (SSSR count). The first-order valence-electron chi connectivity index (χ1n) is 2.67. The molecule has 8 nitrogen and oxygen atoms in total. The molecule has 1 aromatic rings. The summed E-state index contributed by atoms with van der Waals surface area (Å²) in [5.74, 6) is 0.676. The Labute approximate surface area is 105 Å². The van der Waals surface area contributed by atoms with E-state index < -0.39 is 0 Å². The predicted molar refractivity (Wildman–Crippen MR) is 48.2 cm³/mol. The summed E-state index contributed by atoms with van der Waals surface area (Å²) in [5, 5.41) is 12.7. The van der Waals surface area contributed by atoms with Crippen LogP contribution in [0.1, 0.15) is 13.3 Å². The van der Waals surface area contributed by atoms with E-state index in [1.54, 1.807) is 6.92 Å². The minimum atomic E-state index is 0. The van der Waals surface area contributed by atoms with Crippen molar-refractivity contribution < 1.29 is 29.6 Å². The number of hydrogen-bond acceptors (Lipinski definition) is 3. The van der Waals surface area contributed by atoms with Gasteiger partial charge in [-0.25, -0.2) is 6.57 Å². The van der Waals surface area contributed by atoms with Gasteiger partial charge in [0.1, 0.15) is 0 Å². The molecule has 0 radical (unpaired) electrons. The monoisotopic (exact) mass is 206 g/mol. The Morgan fingerprint density at radius 1 is 1.43 bits per heavy atom. The molecule has 0 amide bonds. The van der Waals surface area contributed by atoms with Crippen molar-refractivity contribution in [3.63, 3.8) is 0 Å². The number of nitrogens with zero attached hydrogens (tertiary/aromatic N) is 7. The van der Waals surface area contributed by atoms with Crippen molar-refractivity contribution in [1.29, 1.82) is 0 Å². The molecule has 0 saturated carbocycles. The third kappa shape index (κ3) is 30.7. The van der Waals surface area contributed by atoms with Crippen LogP contribution in [0, 0.1) is 13.5 Å². The van der Waals surface area contributed by atoms with Crippen LogP contribution in [0.5, 0.6) is 0 Å². The fraction of sp³-hybridized carbons (Fsp3) is 0.600. The van der Waals surface area contributed by atoms with Gasteiger partial charge in [-0.1, -0.05) is 12.6 Å². The third-order valence-electron chi connectivity index (χ3n) is 0.451. The number of aryl methyl sites for hydroxylation is 1. The Hall–Kier alpha value is -1.13. The molecule has 0 aliphatic heterocycles. The van der Waals surface area contributed by atoms with Crippen LogP contribution in [0.25, 0.3) is 20.8 Å². The van der Waals surface area contributed by atoms with E-state index in [2.05, 4.69) is 25.5 Å². The van der Waals surface area contributed by atoms with Crippen LogP contribution in [-0.4, -0.2) is 27.7 Å². The van der Waals surface area contributed by atoms with Gasteiger partial charge >= 0.3 is 29.6 Å². The predicted octanol–water partition coefficient (Wildman–Crippen LogP) is -1.45. The van der Waals surface area contributed by atoms with Gasteiger partial charge in [0.05, 0.1) is 0 Å². The maximum absolute atomic E-state index is 6.75. The second-order valence-electron chi connectivity index (χ2n) is 1.27. The van der Waals surface area contributed by atoms with Gasteiger partial charge in [-0.3, -0.25) is 4.91 Å². The molecule has 0 fully saturated rings. The molecule has 0 aliphatic carbocycles. The first kappa shape index (κ1) is 23.0. The van der Waals surface area contributed by atoms with Crippen molar-refractivity contribution in [2.24, 2.45) is 0 Å². The number of tetrazole rings is 1. The summed E-state index contributed by atoms with van der Waals surface area (Å²) in [5.41, 5.74) is 13.5. The molecule has 1 N–H and O–H groups in total. The van der Waals surface area contributed by atoms with Crippen molar-refractivity contribution in [2.45, 2.75) is 14.4 Å². The second kappa shape index (κ2) is 22.6. The van der Waals surface area contributed by atoms with Crippen molar-refractivity contribution in [3.05, 3.63) is 33.2 Å². The summed E-state index contributed by atoms with van der Waals surface area (Å²) < 4.78 is 0. The van der Waals surface area contributed by atoms with Gasteiger partial charge in [-0.2, -0.15) is 5.21 Å². The Morgan fingerprint density at radius 3 is 1.86 bits per heavy atom. The molecule has 0 unspecified atom stereocenters. The van der Waals surface area contributed by atoms with E-state index in [4.69, 9.17) is 17.6 Å². The summed E-state index contributed by atoms with van der Waals surface area (Å²) in [4.78, 5) is 4.25. The molecule has 72 valence electrons. The van der Waals surface area contributed by atoms with Crippen LogP contribution in [0.15, 0.2) is 0 Å². The zero-order valence-electron chi connectivity index (χ0n) is 7.63. The third-order valence-corrected chi connectivity index (χ3v) is 0.451. The molecule has 0 bridgehead atoms. The fourth-order valence-electron chi connectivity index (χ4n) is 0.212. The van der Waals surface area contributed by atoms with Gasteiger partial charge < -0.3 is 15.9 Å². The number of rotatable bonds is 0. The molecule has 0 spiro atoms. The number of aromatic nitrogens is 4. The minimum Gasteiger partial charge on any atom is -0.373 e. The van der Waals surface area contributed by atoms with Gasteiger partial charge in [0, 0.05) is 0 Å². The van der Waals surface area contributed by atoms with E-state index >= 15 is 0 Å². The van der Waals surface area contributed by atoms with Gasteiger partial charge in [-0.05, 0) is 6.92 Å². The van der Waals surface area contributed by atoms with Crippen molar-refractivity contribution in [3.8, 4) is 0 Å². The second-order valence-corrected chi connectivity index (χ2v) is 1.27. The Bertz CT molecular complexity index is 243. The van der Waals surface area contributed by atoms with E-state index in [1.807, 2.05) is 0 Å². The van der Waals surface area contributed by atoms with Crippen LogP contribution in [0.3, 0.4) is 0 Å². The maximum Gasteiger partial charge on any atom is 1.00 e. The Kier molecular flexibility index (Phi) is 37.3. The van der Waals surface area contributed by atoms with E-state index in [-0.39, 0.29) is 37.0 Å². The van der Waals surface area contributed by atoms with Crippen LogP contribution in [-0.2, 0) is 0 Å². The average Bonchev–Trinajstić information content (AvgIpc) is 2.43. The van der Waals surface area contributed by atoms with Crippen LogP contribution in [0.4, 0.5) is 0 Å². The smallest absolute Gasteiger partial charge is 0.373 e.